The smallest absolute Gasteiger partial charge is 0.254 e. The molecule has 2 aromatic rings. The van der Waals surface area contributed by atoms with Crippen LogP contribution in [0.5, 0.6) is 0 Å². The van der Waals surface area contributed by atoms with Gasteiger partial charge in [0.15, 0.2) is 9.84 Å². The average molecular weight is 357 g/mol. The van der Waals surface area contributed by atoms with E-state index in [0.29, 0.717) is 18.5 Å². The highest BCUT2D eigenvalue weighted by atomic mass is 32.2. The zero-order valence-electron chi connectivity index (χ0n) is 14.6. The predicted octanol–water partition coefficient (Wildman–Crippen LogP) is 3.13. The Morgan fingerprint density at radius 2 is 1.80 bits per heavy atom. The summed E-state index contributed by atoms with van der Waals surface area (Å²) in [5, 5.41) is 0. The van der Waals surface area contributed by atoms with Crippen molar-refractivity contribution in [3.8, 4) is 0 Å². The van der Waals surface area contributed by atoms with E-state index in [4.69, 9.17) is 0 Å². The lowest BCUT2D eigenvalue weighted by Crippen LogP contribution is -2.40. The Kier molecular flexibility index (Phi) is 4.95. The number of rotatable bonds is 4. The molecule has 1 saturated heterocycles. The molecule has 0 aliphatic carbocycles. The van der Waals surface area contributed by atoms with E-state index in [1.165, 1.54) is 0 Å². The number of nitrogens with zero attached hydrogens (tertiary/aromatic N) is 1. The molecule has 0 bridgehead atoms. The van der Waals surface area contributed by atoms with Crippen LogP contribution in [-0.2, 0) is 16.4 Å². The van der Waals surface area contributed by atoms with Gasteiger partial charge in [-0.25, -0.2) is 8.42 Å². The van der Waals surface area contributed by atoms with Crippen LogP contribution < -0.4 is 0 Å². The number of carbonyl (C=O) groups excluding carboxylic acids is 1. The van der Waals surface area contributed by atoms with Crippen LogP contribution in [0.3, 0.4) is 0 Å². The van der Waals surface area contributed by atoms with Crippen LogP contribution in [-0.4, -0.2) is 36.8 Å². The Morgan fingerprint density at radius 1 is 1.08 bits per heavy atom. The summed E-state index contributed by atoms with van der Waals surface area (Å²) < 4.78 is 23.8. The molecule has 4 nitrogen and oxygen atoms in total. The molecule has 0 saturated carbocycles. The molecule has 0 radical (unpaired) electrons. The highest BCUT2D eigenvalue weighted by Crippen LogP contribution is 2.23. The van der Waals surface area contributed by atoms with Crippen LogP contribution in [0.4, 0.5) is 0 Å². The van der Waals surface area contributed by atoms with E-state index >= 15 is 0 Å². The number of carbonyl (C=O) groups is 1. The van der Waals surface area contributed by atoms with Gasteiger partial charge in [0, 0.05) is 18.2 Å². The molecule has 1 heterocycles. The lowest BCUT2D eigenvalue weighted by atomic mass is 10.1. The van der Waals surface area contributed by atoms with Crippen LogP contribution >= 0.6 is 0 Å². The normalized spacial score (nSPS) is 18.9. The standard InChI is InChI=1S/C20H23NO3S/c1-15-6-8-17(9-7-15)13-21(19-10-11-25(23,24)14-19)20(22)18-5-3-4-16(2)12-18/h3-9,12,19H,10-11,13-14H2,1-2H3. The molecule has 1 amide bonds. The fourth-order valence-electron chi connectivity index (χ4n) is 3.22. The van der Waals surface area contributed by atoms with Gasteiger partial charge < -0.3 is 4.90 Å². The number of hydrogen-bond acceptors (Lipinski definition) is 3. The lowest BCUT2D eigenvalue weighted by Gasteiger charge is -2.28. The molecule has 5 heteroatoms. The number of amides is 1. The summed E-state index contributed by atoms with van der Waals surface area (Å²) in [6.07, 6.45) is 0.506. The third-order valence-electron chi connectivity index (χ3n) is 4.65. The first-order valence-corrected chi connectivity index (χ1v) is 10.3. The summed E-state index contributed by atoms with van der Waals surface area (Å²) in [4.78, 5) is 14.8. The fraction of sp³-hybridized carbons (Fsp3) is 0.350. The van der Waals surface area contributed by atoms with E-state index in [-0.39, 0.29) is 23.5 Å². The summed E-state index contributed by atoms with van der Waals surface area (Å²) in [7, 11) is -3.06. The Morgan fingerprint density at radius 3 is 2.40 bits per heavy atom. The van der Waals surface area contributed by atoms with Crippen molar-refractivity contribution in [3.63, 3.8) is 0 Å². The molecule has 25 heavy (non-hydrogen) atoms. The van der Waals surface area contributed by atoms with Gasteiger partial charge in [-0.1, -0.05) is 47.5 Å². The van der Waals surface area contributed by atoms with Crippen LogP contribution in [0.25, 0.3) is 0 Å². The molecule has 0 aromatic heterocycles. The number of aryl methyl sites for hydroxylation is 2. The van der Waals surface area contributed by atoms with Gasteiger partial charge >= 0.3 is 0 Å². The van der Waals surface area contributed by atoms with Gasteiger partial charge in [0.25, 0.3) is 5.91 Å². The number of hydrogen-bond donors (Lipinski definition) is 0. The van der Waals surface area contributed by atoms with Crippen molar-refractivity contribution in [1.82, 2.24) is 4.90 Å². The Balaban J connectivity index is 1.91. The van der Waals surface area contributed by atoms with E-state index in [0.717, 1.165) is 16.7 Å². The molecule has 0 N–H and O–H groups in total. The molecule has 1 fully saturated rings. The maximum absolute atomic E-state index is 13.1. The van der Waals surface area contributed by atoms with Crippen LogP contribution in [0, 0.1) is 13.8 Å². The topological polar surface area (TPSA) is 54.5 Å². The third-order valence-corrected chi connectivity index (χ3v) is 6.40. The molecule has 2 aromatic carbocycles. The average Bonchev–Trinajstić information content (AvgIpc) is 2.93. The first-order chi connectivity index (χ1) is 11.8. The van der Waals surface area contributed by atoms with Gasteiger partial charge in [-0.3, -0.25) is 4.79 Å². The third kappa shape index (κ3) is 4.28. The van der Waals surface area contributed by atoms with Crippen LogP contribution in [0.1, 0.15) is 33.5 Å². The number of benzene rings is 2. The van der Waals surface area contributed by atoms with Gasteiger partial charge in [-0.05, 0) is 38.0 Å². The fourth-order valence-corrected chi connectivity index (χ4v) is 4.95. The van der Waals surface area contributed by atoms with Crippen molar-refractivity contribution < 1.29 is 13.2 Å². The summed E-state index contributed by atoms with van der Waals surface area (Å²) in [6.45, 7) is 4.39. The van der Waals surface area contributed by atoms with E-state index in [1.807, 2.05) is 56.3 Å². The Bertz CT molecular complexity index is 872. The summed E-state index contributed by atoms with van der Waals surface area (Å²) in [6, 6.07) is 15.2. The van der Waals surface area contributed by atoms with Crippen molar-refractivity contribution in [2.45, 2.75) is 32.9 Å². The highest BCUT2D eigenvalue weighted by molar-refractivity contribution is 7.91. The minimum atomic E-state index is -3.06. The number of sulfone groups is 1. The zero-order valence-corrected chi connectivity index (χ0v) is 15.4. The maximum atomic E-state index is 13.1. The molecular formula is C20H23NO3S. The predicted molar refractivity (Wildman–Crippen MR) is 99.3 cm³/mol. The molecule has 0 spiro atoms. The van der Waals surface area contributed by atoms with Crippen molar-refractivity contribution in [3.05, 3.63) is 70.8 Å². The quantitative estimate of drug-likeness (QED) is 0.845. The maximum Gasteiger partial charge on any atom is 0.254 e. The van der Waals surface area contributed by atoms with Gasteiger partial charge in [-0.15, -0.1) is 0 Å². The van der Waals surface area contributed by atoms with Gasteiger partial charge in [-0.2, -0.15) is 0 Å². The zero-order chi connectivity index (χ0) is 18.0. The Hall–Kier alpha value is -2.14. The first-order valence-electron chi connectivity index (χ1n) is 8.48. The van der Waals surface area contributed by atoms with Crippen molar-refractivity contribution >= 4 is 15.7 Å². The molecule has 1 atom stereocenters. The lowest BCUT2D eigenvalue weighted by molar-refractivity contribution is 0.0681. The Labute approximate surface area is 149 Å². The van der Waals surface area contributed by atoms with Crippen molar-refractivity contribution in [2.75, 3.05) is 11.5 Å². The second-order valence-corrected chi connectivity index (χ2v) is 9.07. The second-order valence-electron chi connectivity index (χ2n) is 6.84. The van der Waals surface area contributed by atoms with Gasteiger partial charge in [0.05, 0.1) is 11.5 Å². The molecule has 1 unspecified atom stereocenters. The van der Waals surface area contributed by atoms with Crippen molar-refractivity contribution in [2.24, 2.45) is 0 Å². The largest absolute Gasteiger partial charge is 0.330 e. The van der Waals surface area contributed by atoms with Crippen molar-refractivity contribution in [1.29, 1.82) is 0 Å². The molecule has 3 rings (SSSR count). The van der Waals surface area contributed by atoms with E-state index < -0.39 is 9.84 Å². The highest BCUT2D eigenvalue weighted by Gasteiger charge is 2.35. The minimum absolute atomic E-state index is 0.0520. The molecule has 1 aliphatic rings. The molecule has 132 valence electrons. The summed E-state index contributed by atoms with van der Waals surface area (Å²) in [5.74, 6) is 0.103. The van der Waals surface area contributed by atoms with E-state index in [2.05, 4.69) is 0 Å². The molecule has 1 aliphatic heterocycles. The summed E-state index contributed by atoms with van der Waals surface area (Å²) in [5.41, 5.74) is 3.79. The second kappa shape index (κ2) is 7.00. The van der Waals surface area contributed by atoms with E-state index in [1.54, 1.807) is 11.0 Å². The first kappa shape index (κ1) is 17.7. The monoisotopic (exact) mass is 357 g/mol. The van der Waals surface area contributed by atoms with E-state index in [9.17, 15) is 13.2 Å². The van der Waals surface area contributed by atoms with Gasteiger partial charge in [0.1, 0.15) is 0 Å². The van der Waals surface area contributed by atoms with Crippen LogP contribution in [0.2, 0.25) is 0 Å². The minimum Gasteiger partial charge on any atom is -0.330 e. The van der Waals surface area contributed by atoms with Gasteiger partial charge in [0.2, 0.25) is 0 Å². The SMILES string of the molecule is Cc1ccc(CN(C(=O)c2cccc(C)c2)C2CCS(=O)(=O)C2)cc1. The summed E-state index contributed by atoms with van der Waals surface area (Å²) >= 11 is 0. The van der Waals surface area contributed by atoms with Crippen LogP contribution in [0.15, 0.2) is 48.5 Å². The molecular weight excluding hydrogens is 334 g/mol.